The second kappa shape index (κ2) is 9.83. The highest BCUT2D eigenvalue weighted by molar-refractivity contribution is 7.19. The maximum Gasteiger partial charge on any atom is 0.242 e. The molecule has 6 heterocycles. The molecule has 0 radical (unpaired) electrons. The van der Waals surface area contributed by atoms with Gasteiger partial charge in [0.25, 0.3) is 0 Å². The number of aliphatic hydroxyl groups is 1. The predicted octanol–water partition coefficient (Wildman–Crippen LogP) is 3.56. The third kappa shape index (κ3) is 4.25. The summed E-state index contributed by atoms with van der Waals surface area (Å²) < 4.78 is 7.31. The van der Waals surface area contributed by atoms with E-state index in [9.17, 15) is 9.90 Å². The minimum absolute atomic E-state index is 0.00988. The number of carbonyl (C=O) groups is 1. The van der Waals surface area contributed by atoms with Crippen molar-refractivity contribution in [2.45, 2.75) is 58.1 Å². The second-order valence-electron chi connectivity index (χ2n) is 10.5. The highest BCUT2D eigenvalue weighted by Crippen LogP contribution is 2.46. The number of aliphatic hydroxyl groups excluding tert-OH is 1. The van der Waals surface area contributed by atoms with E-state index < -0.39 is 0 Å². The van der Waals surface area contributed by atoms with E-state index in [1.54, 1.807) is 17.7 Å². The number of aryl methyl sites for hydroxylation is 1. The minimum atomic E-state index is -0.231. The topological polar surface area (TPSA) is 108 Å². The van der Waals surface area contributed by atoms with E-state index in [4.69, 9.17) is 4.74 Å². The summed E-state index contributed by atoms with van der Waals surface area (Å²) in [5.41, 5.74) is 6.36. The molecular weight excluding hydrogens is 488 g/mol. The van der Waals surface area contributed by atoms with Gasteiger partial charge in [-0.2, -0.15) is 5.10 Å². The largest absolute Gasteiger partial charge is 0.392 e. The molecule has 0 aromatic carbocycles. The monoisotopic (exact) mass is 522 g/mol. The first-order valence-corrected chi connectivity index (χ1v) is 14.0. The zero-order valence-electron chi connectivity index (χ0n) is 21.6. The number of nitrogens with zero attached hydrogens (tertiary/aromatic N) is 4. The molecule has 4 aromatic rings. The van der Waals surface area contributed by atoms with Crippen LogP contribution in [0.3, 0.4) is 0 Å². The summed E-state index contributed by atoms with van der Waals surface area (Å²) in [6, 6.07) is 1.93. The molecule has 2 saturated heterocycles. The average Bonchev–Trinajstić information content (AvgIpc) is 3.62. The number of nitrogens with one attached hydrogen (secondary N) is 2. The Labute approximate surface area is 219 Å². The molecule has 2 aliphatic heterocycles. The third-order valence-electron chi connectivity index (χ3n) is 7.80. The maximum atomic E-state index is 12.9. The van der Waals surface area contributed by atoms with Gasteiger partial charge in [-0.25, -0.2) is 9.50 Å². The lowest BCUT2D eigenvalue weighted by atomic mass is 9.90. The molecule has 0 saturated carbocycles. The molecule has 3 N–H and O–H groups in total. The van der Waals surface area contributed by atoms with Gasteiger partial charge in [-0.1, -0.05) is 13.8 Å². The standard InChI is InChI=1S/C27H34N6O3S/c1-15(2)21-22-19(12-34)24(17-4-7-32(8-5-17)27(35)20-13-36-9-6-28-20)37-26(22)31-23(21)18-10-16(3)25-29-14-30-33(25)11-18/h10-11,14-15,17,20,28,31,34H,4-9,12-13H2,1-3H3/t20-/m1/s1. The number of H-pyrrole nitrogens is 1. The lowest BCUT2D eigenvalue weighted by Gasteiger charge is -2.35. The van der Waals surface area contributed by atoms with Crippen LogP contribution in [0.4, 0.5) is 0 Å². The number of morpholine rings is 1. The number of pyridine rings is 1. The number of aromatic nitrogens is 4. The number of fused-ring (bicyclic) bond motifs is 2. The Kier molecular flexibility index (Phi) is 6.52. The van der Waals surface area contributed by atoms with E-state index in [-0.39, 0.29) is 24.5 Å². The van der Waals surface area contributed by atoms with E-state index in [0.717, 1.165) is 70.7 Å². The van der Waals surface area contributed by atoms with Gasteiger partial charge in [0.2, 0.25) is 5.91 Å². The highest BCUT2D eigenvalue weighted by Gasteiger charge is 2.33. The van der Waals surface area contributed by atoms with Gasteiger partial charge < -0.3 is 25.0 Å². The van der Waals surface area contributed by atoms with Crippen molar-refractivity contribution in [2.24, 2.45) is 0 Å². The van der Waals surface area contributed by atoms with Crippen molar-refractivity contribution < 1.29 is 14.6 Å². The van der Waals surface area contributed by atoms with Crippen LogP contribution in [-0.4, -0.2) is 74.4 Å². The van der Waals surface area contributed by atoms with Crippen molar-refractivity contribution in [1.29, 1.82) is 0 Å². The number of rotatable bonds is 5. The lowest BCUT2D eigenvalue weighted by molar-refractivity contribution is -0.137. The Morgan fingerprint density at radius 3 is 2.84 bits per heavy atom. The molecule has 10 heteroatoms. The Morgan fingerprint density at radius 1 is 1.32 bits per heavy atom. The van der Waals surface area contributed by atoms with Gasteiger partial charge in [0.15, 0.2) is 5.65 Å². The van der Waals surface area contributed by atoms with Crippen LogP contribution in [0, 0.1) is 6.92 Å². The van der Waals surface area contributed by atoms with Crippen LogP contribution in [0.5, 0.6) is 0 Å². The Bertz CT molecular complexity index is 1440. The number of aromatic amines is 1. The van der Waals surface area contributed by atoms with Crippen LogP contribution >= 0.6 is 11.3 Å². The van der Waals surface area contributed by atoms with Crippen LogP contribution in [0.2, 0.25) is 0 Å². The fourth-order valence-electron chi connectivity index (χ4n) is 5.99. The maximum absolute atomic E-state index is 12.9. The molecule has 0 bridgehead atoms. The first kappa shape index (κ1) is 24.5. The summed E-state index contributed by atoms with van der Waals surface area (Å²) in [7, 11) is 0. The molecule has 0 aliphatic carbocycles. The lowest BCUT2D eigenvalue weighted by Crippen LogP contribution is -2.53. The van der Waals surface area contributed by atoms with Gasteiger partial charge >= 0.3 is 0 Å². The van der Waals surface area contributed by atoms with E-state index in [2.05, 4.69) is 47.2 Å². The molecule has 37 heavy (non-hydrogen) atoms. The molecule has 0 spiro atoms. The van der Waals surface area contributed by atoms with Crippen molar-refractivity contribution in [3.8, 4) is 11.3 Å². The van der Waals surface area contributed by atoms with Crippen LogP contribution in [-0.2, 0) is 16.1 Å². The number of hydrogen-bond acceptors (Lipinski definition) is 7. The van der Waals surface area contributed by atoms with Crippen LogP contribution < -0.4 is 5.32 Å². The van der Waals surface area contributed by atoms with Gasteiger partial charge in [-0.05, 0) is 48.8 Å². The molecule has 196 valence electrons. The number of ether oxygens (including phenoxy) is 1. The van der Waals surface area contributed by atoms with E-state index in [1.165, 1.54) is 10.4 Å². The Balaban J connectivity index is 1.31. The number of hydrogen-bond donors (Lipinski definition) is 3. The van der Waals surface area contributed by atoms with E-state index >= 15 is 0 Å². The molecule has 2 fully saturated rings. The second-order valence-corrected chi connectivity index (χ2v) is 11.5. The Morgan fingerprint density at radius 2 is 2.14 bits per heavy atom. The normalized spacial score (nSPS) is 19.5. The fourth-order valence-corrected chi connectivity index (χ4v) is 7.39. The van der Waals surface area contributed by atoms with Gasteiger partial charge in [0.05, 0.1) is 25.5 Å². The fraction of sp³-hybridized carbons (Fsp3) is 0.519. The summed E-state index contributed by atoms with van der Waals surface area (Å²) in [6.45, 7) is 9.78. The summed E-state index contributed by atoms with van der Waals surface area (Å²) >= 11 is 1.76. The molecule has 4 aromatic heterocycles. The highest BCUT2D eigenvalue weighted by atomic mass is 32.1. The first-order chi connectivity index (χ1) is 18.0. The number of carbonyl (C=O) groups excluding carboxylic acids is 1. The van der Waals surface area contributed by atoms with Gasteiger partial charge in [0, 0.05) is 47.2 Å². The van der Waals surface area contributed by atoms with Gasteiger partial charge in [-0.3, -0.25) is 4.79 Å². The molecule has 9 nitrogen and oxygen atoms in total. The van der Waals surface area contributed by atoms with Crippen molar-refractivity contribution in [2.75, 3.05) is 32.8 Å². The van der Waals surface area contributed by atoms with Crippen molar-refractivity contribution in [1.82, 2.24) is 29.8 Å². The number of amides is 1. The SMILES string of the molecule is Cc1cc(-c2[nH]c3sc(C4CCN(C(=O)[C@H]5COCCN5)CC4)c(CO)c3c2C(C)C)cn2ncnc12. The molecule has 1 atom stereocenters. The summed E-state index contributed by atoms with van der Waals surface area (Å²) in [6.07, 6.45) is 5.41. The summed E-state index contributed by atoms with van der Waals surface area (Å²) in [4.78, 5) is 25.3. The quantitative estimate of drug-likeness (QED) is 0.370. The molecular formula is C27H34N6O3S. The molecule has 1 amide bonds. The summed E-state index contributed by atoms with van der Waals surface area (Å²) in [5.74, 6) is 0.753. The molecule has 2 aliphatic rings. The van der Waals surface area contributed by atoms with Gasteiger partial charge in [-0.15, -0.1) is 11.3 Å². The van der Waals surface area contributed by atoms with Crippen LogP contribution in [0.25, 0.3) is 27.1 Å². The van der Waals surface area contributed by atoms with E-state index in [0.29, 0.717) is 19.1 Å². The molecule has 0 unspecified atom stereocenters. The minimum Gasteiger partial charge on any atom is -0.392 e. The van der Waals surface area contributed by atoms with Crippen molar-refractivity contribution in [3.05, 3.63) is 40.2 Å². The number of piperidine rings is 1. The predicted molar refractivity (Wildman–Crippen MR) is 144 cm³/mol. The van der Waals surface area contributed by atoms with E-state index in [1.807, 2.05) is 15.6 Å². The zero-order valence-corrected chi connectivity index (χ0v) is 22.4. The Hall–Kier alpha value is -2.79. The third-order valence-corrected chi connectivity index (χ3v) is 9.11. The van der Waals surface area contributed by atoms with Crippen molar-refractivity contribution >= 4 is 33.1 Å². The first-order valence-electron chi connectivity index (χ1n) is 13.1. The number of thiophene rings is 1. The van der Waals surface area contributed by atoms with Crippen LogP contribution in [0.1, 0.15) is 60.1 Å². The van der Waals surface area contributed by atoms with Crippen LogP contribution in [0.15, 0.2) is 18.6 Å². The van der Waals surface area contributed by atoms with Crippen molar-refractivity contribution in [3.63, 3.8) is 0 Å². The smallest absolute Gasteiger partial charge is 0.242 e. The zero-order chi connectivity index (χ0) is 25.7. The summed E-state index contributed by atoms with van der Waals surface area (Å²) in [5, 5.41) is 19.4. The average molecular weight is 523 g/mol. The number of likely N-dealkylation sites (tertiary alicyclic amines) is 1. The van der Waals surface area contributed by atoms with Gasteiger partial charge in [0.1, 0.15) is 17.2 Å². The molecule has 6 rings (SSSR count).